The van der Waals surface area contributed by atoms with Gasteiger partial charge in [0.1, 0.15) is 5.75 Å². The van der Waals surface area contributed by atoms with E-state index in [-0.39, 0.29) is 0 Å². The highest BCUT2D eigenvalue weighted by molar-refractivity contribution is 7.98. The van der Waals surface area contributed by atoms with Crippen molar-refractivity contribution in [2.75, 3.05) is 18.2 Å². The second-order valence-electron chi connectivity index (χ2n) is 5.83. The largest absolute Gasteiger partial charge is 0.494 e. The van der Waals surface area contributed by atoms with Crippen LogP contribution in [-0.2, 0) is 0 Å². The van der Waals surface area contributed by atoms with Gasteiger partial charge in [0.15, 0.2) is 10.3 Å². The molecule has 2 heterocycles. The van der Waals surface area contributed by atoms with Crippen molar-refractivity contribution in [3.8, 4) is 17.0 Å². The van der Waals surface area contributed by atoms with Crippen molar-refractivity contribution in [1.29, 1.82) is 0 Å². The lowest BCUT2D eigenvalue weighted by Gasteiger charge is -2.03. The molecular weight excluding hydrogens is 394 g/mol. The van der Waals surface area contributed by atoms with Gasteiger partial charge in [0.25, 0.3) is 0 Å². The van der Waals surface area contributed by atoms with E-state index < -0.39 is 0 Å². The summed E-state index contributed by atoms with van der Waals surface area (Å²) >= 11 is 5.02. The normalized spacial score (nSPS) is 11.1. The smallest absolute Gasteiger partial charge is 0.190 e. The zero-order valence-corrected chi connectivity index (χ0v) is 17.7. The van der Waals surface area contributed by atoms with Crippen LogP contribution in [0.25, 0.3) is 21.5 Å². The number of para-hydroxylation sites is 1. The van der Waals surface area contributed by atoms with Crippen molar-refractivity contribution in [1.82, 2.24) is 9.97 Å². The lowest BCUT2D eigenvalue weighted by molar-refractivity contribution is 0.340. The van der Waals surface area contributed by atoms with E-state index in [1.54, 1.807) is 34.4 Å². The van der Waals surface area contributed by atoms with Gasteiger partial charge in [-0.25, -0.2) is 9.97 Å². The number of hydrogen-bond acceptors (Lipinski definition) is 7. The molecule has 4 nitrogen and oxygen atoms in total. The van der Waals surface area contributed by atoms with E-state index in [1.165, 1.54) is 14.5 Å². The molecule has 0 aliphatic carbocycles. The Hall–Kier alpha value is -2.09. The Morgan fingerprint density at radius 2 is 1.81 bits per heavy atom. The second kappa shape index (κ2) is 7.88. The summed E-state index contributed by atoms with van der Waals surface area (Å²) in [7, 11) is 0. The number of anilines is 2. The van der Waals surface area contributed by atoms with Gasteiger partial charge in [0, 0.05) is 15.3 Å². The predicted octanol–water partition coefficient (Wildman–Crippen LogP) is 6.59. The van der Waals surface area contributed by atoms with Crippen LogP contribution in [0.1, 0.15) is 11.8 Å². The maximum atomic E-state index is 5.52. The van der Waals surface area contributed by atoms with Crippen LogP contribution >= 0.6 is 34.4 Å². The van der Waals surface area contributed by atoms with E-state index in [1.807, 2.05) is 19.1 Å². The van der Waals surface area contributed by atoms with Crippen LogP contribution in [0.2, 0.25) is 0 Å². The van der Waals surface area contributed by atoms with E-state index in [0.29, 0.717) is 6.61 Å². The van der Waals surface area contributed by atoms with Crippen LogP contribution in [0.3, 0.4) is 0 Å². The minimum absolute atomic E-state index is 0.670. The van der Waals surface area contributed by atoms with Crippen LogP contribution in [0, 0.1) is 6.92 Å². The number of nitrogens with zero attached hydrogens (tertiary/aromatic N) is 2. The number of ether oxygens (including phenoxy) is 1. The first-order chi connectivity index (χ1) is 13.2. The van der Waals surface area contributed by atoms with E-state index in [2.05, 4.69) is 48.8 Å². The number of aromatic nitrogens is 2. The first-order valence-corrected chi connectivity index (χ1v) is 11.4. The third-order valence-electron chi connectivity index (χ3n) is 4.05. The SMILES string of the molecule is CCOc1ccc(-c2nc(Nc3nc4c(SC)cccc4s3)sc2C)cc1. The summed E-state index contributed by atoms with van der Waals surface area (Å²) in [5.74, 6) is 0.881. The van der Waals surface area contributed by atoms with Gasteiger partial charge in [0.05, 0.1) is 22.5 Å². The molecule has 4 aromatic rings. The Bertz CT molecular complexity index is 1070. The first kappa shape index (κ1) is 18.3. The fourth-order valence-electron chi connectivity index (χ4n) is 2.83. The number of fused-ring (bicyclic) bond motifs is 1. The maximum absolute atomic E-state index is 5.52. The van der Waals surface area contributed by atoms with Crippen molar-refractivity contribution >= 4 is 54.9 Å². The average molecular weight is 414 g/mol. The van der Waals surface area contributed by atoms with Gasteiger partial charge in [-0.15, -0.1) is 23.1 Å². The third-order valence-corrected chi connectivity index (χ3v) is 6.64. The highest BCUT2D eigenvalue weighted by Gasteiger charge is 2.13. The van der Waals surface area contributed by atoms with E-state index in [0.717, 1.165) is 32.8 Å². The van der Waals surface area contributed by atoms with E-state index >= 15 is 0 Å². The standard InChI is InChI=1S/C20H19N3OS3/c1-4-24-14-10-8-13(9-11-14)17-12(2)26-19(21-17)23-20-22-18-15(25-3)6-5-7-16(18)27-20/h5-11H,4H2,1-3H3,(H,21,22,23). The number of aryl methyl sites for hydroxylation is 1. The molecule has 2 aromatic carbocycles. The Labute approximate surface area is 170 Å². The summed E-state index contributed by atoms with van der Waals surface area (Å²) in [6.45, 7) is 4.75. The molecule has 0 atom stereocenters. The van der Waals surface area contributed by atoms with Crippen molar-refractivity contribution in [3.05, 3.63) is 47.3 Å². The van der Waals surface area contributed by atoms with Gasteiger partial charge in [-0.2, -0.15) is 0 Å². The molecule has 1 N–H and O–H groups in total. The summed E-state index contributed by atoms with van der Waals surface area (Å²) in [6.07, 6.45) is 2.08. The number of rotatable bonds is 6. The Kier molecular flexibility index (Phi) is 5.33. The summed E-state index contributed by atoms with van der Waals surface area (Å²) < 4.78 is 6.70. The van der Waals surface area contributed by atoms with Crippen molar-refractivity contribution in [3.63, 3.8) is 0 Å². The van der Waals surface area contributed by atoms with Crippen LogP contribution < -0.4 is 10.1 Å². The quantitative estimate of drug-likeness (QED) is 0.361. The van der Waals surface area contributed by atoms with Crippen LogP contribution in [0.5, 0.6) is 5.75 Å². The van der Waals surface area contributed by atoms with Gasteiger partial charge in [-0.1, -0.05) is 17.4 Å². The molecule has 0 saturated heterocycles. The molecule has 0 radical (unpaired) electrons. The van der Waals surface area contributed by atoms with Gasteiger partial charge in [-0.05, 0) is 56.5 Å². The topological polar surface area (TPSA) is 47.0 Å². The zero-order chi connectivity index (χ0) is 18.8. The lowest BCUT2D eigenvalue weighted by Crippen LogP contribution is -1.91. The van der Waals surface area contributed by atoms with Gasteiger partial charge in [0.2, 0.25) is 0 Å². The molecule has 0 amide bonds. The first-order valence-electron chi connectivity index (χ1n) is 8.59. The van der Waals surface area contributed by atoms with Crippen LogP contribution in [-0.4, -0.2) is 22.8 Å². The molecule has 4 rings (SSSR count). The molecule has 0 bridgehead atoms. The highest BCUT2D eigenvalue weighted by Crippen LogP contribution is 2.36. The number of benzene rings is 2. The Balaban J connectivity index is 1.60. The minimum atomic E-state index is 0.670. The van der Waals surface area contributed by atoms with Gasteiger partial charge in [-0.3, -0.25) is 0 Å². The molecule has 7 heteroatoms. The monoisotopic (exact) mass is 413 g/mol. The molecule has 0 aliphatic rings. The number of thioether (sulfide) groups is 1. The Morgan fingerprint density at radius 1 is 1.04 bits per heavy atom. The zero-order valence-electron chi connectivity index (χ0n) is 15.3. The second-order valence-corrected chi connectivity index (χ2v) is 8.91. The summed E-state index contributed by atoms with van der Waals surface area (Å²) in [6, 6.07) is 14.4. The fourth-order valence-corrected chi connectivity index (χ4v) is 5.25. The molecule has 0 fully saturated rings. The molecule has 0 unspecified atom stereocenters. The van der Waals surface area contributed by atoms with Crippen LogP contribution in [0.4, 0.5) is 10.3 Å². The fraction of sp³-hybridized carbons (Fsp3) is 0.200. The maximum Gasteiger partial charge on any atom is 0.190 e. The number of hydrogen-bond donors (Lipinski definition) is 1. The van der Waals surface area contributed by atoms with Gasteiger partial charge < -0.3 is 10.1 Å². The Morgan fingerprint density at radius 3 is 2.56 bits per heavy atom. The molecule has 138 valence electrons. The number of thiazole rings is 2. The van der Waals surface area contributed by atoms with Crippen molar-refractivity contribution < 1.29 is 4.74 Å². The average Bonchev–Trinajstić information content (AvgIpc) is 3.25. The predicted molar refractivity (Wildman–Crippen MR) is 118 cm³/mol. The van der Waals surface area contributed by atoms with Crippen molar-refractivity contribution in [2.24, 2.45) is 0 Å². The highest BCUT2D eigenvalue weighted by atomic mass is 32.2. The van der Waals surface area contributed by atoms with Crippen LogP contribution in [0.15, 0.2) is 47.4 Å². The summed E-state index contributed by atoms with van der Waals surface area (Å²) in [5.41, 5.74) is 3.14. The molecular formula is C20H19N3OS3. The molecule has 0 saturated carbocycles. The molecule has 0 aliphatic heterocycles. The molecule has 0 spiro atoms. The lowest BCUT2D eigenvalue weighted by atomic mass is 10.1. The molecule has 27 heavy (non-hydrogen) atoms. The molecule has 2 aromatic heterocycles. The minimum Gasteiger partial charge on any atom is -0.494 e. The van der Waals surface area contributed by atoms with E-state index in [4.69, 9.17) is 14.7 Å². The summed E-state index contributed by atoms with van der Waals surface area (Å²) in [5, 5.41) is 5.12. The number of nitrogens with one attached hydrogen (secondary N) is 1. The van der Waals surface area contributed by atoms with Gasteiger partial charge >= 0.3 is 0 Å². The van der Waals surface area contributed by atoms with Crippen molar-refractivity contribution in [2.45, 2.75) is 18.7 Å². The third kappa shape index (κ3) is 3.81. The summed E-state index contributed by atoms with van der Waals surface area (Å²) in [4.78, 5) is 11.9. The van der Waals surface area contributed by atoms with E-state index in [9.17, 15) is 0 Å².